The van der Waals surface area contributed by atoms with Crippen molar-refractivity contribution in [3.05, 3.63) is 82.7 Å². The number of H-pyrrole nitrogens is 1. The number of hydrogen-bond acceptors (Lipinski definition) is 6. The molecule has 0 spiro atoms. The highest BCUT2D eigenvalue weighted by Crippen LogP contribution is 2.36. The number of morpholine rings is 1. The van der Waals surface area contributed by atoms with Crippen molar-refractivity contribution in [3.63, 3.8) is 0 Å². The van der Waals surface area contributed by atoms with Crippen molar-refractivity contribution in [1.29, 1.82) is 0 Å². The summed E-state index contributed by atoms with van der Waals surface area (Å²) in [6, 6.07) is 11.9. The smallest absolute Gasteiger partial charge is 0.255 e. The number of anilines is 2. The van der Waals surface area contributed by atoms with Crippen LogP contribution in [-0.4, -0.2) is 53.3 Å². The van der Waals surface area contributed by atoms with E-state index in [0.717, 1.165) is 6.07 Å². The van der Waals surface area contributed by atoms with Crippen molar-refractivity contribution in [3.8, 4) is 22.5 Å². The van der Waals surface area contributed by atoms with E-state index < -0.39 is 17.5 Å². The summed E-state index contributed by atoms with van der Waals surface area (Å²) in [6.45, 7) is 4.25. The molecule has 1 saturated heterocycles. The number of aromatic nitrogens is 3. The predicted molar refractivity (Wildman–Crippen MR) is 141 cm³/mol. The zero-order valence-electron chi connectivity index (χ0n) is 21.0. The number of aromatic amines is 1. The number of fused-ring (bicyclic) bond motifs is 1. The maximum atomic E-state index is 15.4. The molecule has 3 heterocycles. The Labute approximate surface area is 222 Å². The SMILES string of the molecule is Cc1nc(-c2ccc(-c3ccc(NC(=O)c4cc(F)cc(N5CCOCC5)c4)cc3F)c3c2C(=O)NC3)n[nH]1. The molecule has 1 fully saturated rings. The fourth-order valence-corrected chi connectivity index (χ4v) is 4.97. The minimum Gasteiger partial charge on any atom is -0.378 e. The van der Waals surface area contributed by atoms with Crippen molar-refractivity contribution in [2.24, 2.45) is 0 Å². The van der Waals surface area contributed by atoms with Crippen LogP contribution < -0.4 is 15.5 Å². The summed E-state index contributed by atoms with van der Waals surface area (Å²) in [5.41, 5.74) is 3.37. The first-order chi connectivity index (χ1) is 18.9. The van der Waals surface area contributed by atoms with Crippen molar-refractivity contribution in [2.45, 2.75) is 13.5 Å². The summed E-state index contributed by atoms with van der Waals surface area (Å²) >= 11 is 0. The summed E-state index contributed by atoms with van der Waals surface area (Å²) in [4.78, 5) is 31.8. The Hall–Kier alpha value is -4.64. The van der Waals surface area contributed by atoms with Crippen LogP contribution in [0.3, 0.4) is 0 Å². The molecule has 0 aliphatic carbocycles. The normalized spacial score (nSPS) is 14.7. The van der Waals surface area contributed by atoms with Crippen LogP contribution in [0.1, 0.15) is 32.1 Å². The molecular weight excluding hydrogens is 506 g/mol. The van der Waals surface area contributed by atoms with Crippen LogP contribution in [0.25, 0.3) is 22.5 Å². The Morgan fingerprint density at radius 3 is 2.54 bits per heavy atom. The molecule has 11 heteroatoms. The number of halogens is 2. The van der Waals surface area contributed by atoms with E-state index in [1.807, 2.05) is 4.90 Å². The molecule has 9 nitrogen and oxygen atoms in total. The van der Waals surface area contributed by atoms with E-state index in [-0.39, 0.29) is 29.3 Å². The van der Waals surface area contributed by atoms with Crippen molar-refractivity contribution in [1.82, 2.24) is 20.5 Å². The van der Waals surface area contributed by atoms with E-state index in [4.69, 9.17) is 4.74 Å². The van der Waals surface area contributed by atoms with Crippen LogP contribution >= 0.6 is 0 Å². The number of carbonyl (C=O) groups excluding carboxylic acids is 2. The third-order valence-corrected chi connectivity index (χ3v) is 6.84. The molecule has 6 rings (SSSR count). The molecule has 0 saturated carbocycles. The molecule has 39 heavy (non-hydrogen) atoms. The fourth-order valence-electron chi connectivity index (χ4n) is 4.97. The Balaban J connectivity index is 1.27. The summed E-state index contributed by atoms with van der Waals surface area (Å²) < 4.78 is 35.1. The van der Waals surface area contributed by atoms with Crippen molar-refractivity contribution < 1.29 is 23.1 Å². The second kappa shape index (κ2) is 9.91. The monoisotopic (exact) mass is 530 g/mol. The van der Waals surface area contributed by atoms with E-state index in [0.29, 0.717) is 65.9 Å². The first kappa shape index (κ1) is 24.7. The zero-order chi connectivity index (χ0) is 27.1. The predicted octanol–water partition coefficient (Wildman–Crippen LogP) is 4.06. The van der Waals surface area contributed by atoms with E-state index in [2.05, 4.69) is 25.8 Å². The molecule has 1 aromatic heterocycles. The van der Waals surface area contributed by atoms with E-state index in [9.17, 15) is 14.0 Å². The molecule has 2 amide bonds. The molecule has 3 N–H and O–H groups in total. The Kier molecular flexibility index (Phi) is 6.27. The highest BCUT2D eigenvalue weighted by molar-refractivity contribution is 6.06. The number of hydrogen-bond donors (Lipinski definition) is 3. The van der Waals surface area contributed by atoms with Gasteiger partial charge in [-0.1, -0.05) is 6.07 Å². The molecular formula is C28H24F2N6O3. The first-order valence-electron chi connectivity index (χ1n) is 12.5. The lowest BCUT2D eigenvalue weighted by Crippen LogP contribution is -2.36. The highest BCUT2D eigenvalue weighted by Gasteiger charge is 2.28. The summed E-state index contributed by atoms with van der Waals surface area (Å²) in [6.07, 6.45) is 0. The second-order valence-corrected chi connectivity index (χ2v) is 9.39. The van der Waals surface area contributed by atoms with E-state index in [1.165, 1.54) is 12.1 Å². The van der Waals surface area contributed by atoms with E-state index >= 15 is 4.39 Å². The van der Waals surface area contributed by atoms with Gasteiger partial charge in [0.25, 0.3) is 11.8 Å². The summed E-state index contributed by atoms with van der Waals surface area (Å²) in [5.74, 6) is -0.950. The number of carbonyl (C=O) groups is 2. The van der Waals surface area contributed by atoms with Gasteiger partial charge in [0.15, 0.2) is 5.82 Å². The molecule has 2 aliphatic rings. The van der Waals surface area contributed by atoms with Gasteiger partial charge >= 0.3 is 0 Å². The largest absolute Gasteiger partial charge is 0.378 e. The fraction of sp³-hybridized carbons (Fsp3) is 0.214. The number of amides is 2. The standard InChI is InChI=1S/C28H24F2N6O3/c1-15-32-26(35-34-15)22-5-4-20(23-14-31-28(38)25(22)23)21-3-2-18(13-24(21)30)33-27(37)16-10-17(29)12-19(11-16)36-6-8-39-9-7-36/h2-5,10-13H,6-9,14H2,1H3,(H,31,38)(H,33,37)(H,32,34,35). The second-order valence-electron chi connectivity index (χ2n) is 9.39. The summed E-state index contributed by atoms with van der Waals surface area (Å²) in [7, 11) is 0. The maximum Gasteiger partial charge on any atom is 0.255 e. The quantitative estimate of drug-likeness (QED) is 0.359. The minimum atomic E-state index is -0.580. The average Bonchev–Trinajstić information content (AvgIpc) is 3.54. The van der Waals surface area contributed by atoms with Crippen LogP contribution in [0.4, 0.5) is 20.2 Å². The summed E-state index contributed by atoms with van der Waals surface area (Å²) in [5, 5.41) is 12.4. The molecule has 4 aromatic rings. The van der Waals surface area contributed by atoms with Gasteiger partial charge in [-0.2, -0.15) is 5.10 Å². The van der Waals surface area contributed by atoms with Gasteiger partial charge in [0.1, 0.15) is 17.5 Å². The number of nitrogens with zero attached hydrogens (tertiary/aromatic N) is 3. The average molecular weight is 531 g/mol. The molecule has 0 radical (unpaired) electrons. The van der Waals surface area contributed by atoms with Gasteiger partial charge in [0.05, 0.1) is 18.8 Å². The lowest BCUT2D eigenvalue weighted by molar-refractivity contribution is 0.0965. The Morgan fingerprint density at radius 2 is 1.79 bits per heavy atom. The van der Waals surface area contributed by atoms with Crippen LogP contribution in [-0.2, 0) is 11.3 Å². The molecule has 2 aliphatic heterocycles. The molecule has 0 atom stereocenters. The molecule has 0 bridgehead atoms. The number of ether oxygens (including phenoxy) is 1. The minimum absolute atomic E-state index is 0.126. The Bertz CT molecular complexity index is 1610. The van der Waals surface area contributed by atoms with Gasteiger partial charge in [-0.25, -0.2) is 13.8 Å². The first-order valence-corrected chi connectivity index (χ1v) is 12.5. The maximum absolute atomic E-state index is 15.4. The number of benzene rings is 3. The third-order valence-electron chi connectivity index (χ3n) is 6.84. The van der Waals surface area contributed by atoms with Crippen LogP contribution in [0, 0.1) is 18.6 Å². The van der Waals surface area contributed by atoms with E-state index in [1.54, 1.807) is 37.3 Å². The van der Waals surface area contributed by atoms with Gasteiger partial charge in [-0.05, 0) is 60.5 Å². The Morgan fingerprint density at radius 1 is 1.03 bits per heavy atom. The molecule has 0 unspecified atom stereocenters. The van der Waals surface area contributed by atoms with Gasteiger partial charge in [0, 0.05) is 47.7 Å². The van der Waals surface area contributed by atoms with Crippen molar-refractivity contribution >= 4 is 23.2 Å². The topological polar surface area (TPSA) is 112 Å². The van der Waals surface area contributed by atoms with Crippen LogP contribution in [0.2, 0.25) is 0 Å². The third kappa shape index (κ3) is 4.72. The van der Waals surface area contributed by atoms with Gasteiger partial charge in [-0.3, -0.25) is 14.7 Å². The van der Waals surface area contributed by atoms with Gasteiger partial charge in [-0.15, -0.1) is 0 Å². The number of nitrogens with one attached hydrogen (secondary N) is 3. The zero-order valence-corrected chi connectivity index (χ0v) is 21.0. The number of rotatable bonds is 5. The van der Waals surface area contributed by atoms with Gasteiger partial charge in [0.2, 0.25) is 0 Å². The van der Waals surface area contributed by atoms with Crippen LogP contribution in [0.15, 0.2) is 48.5 Å². The lowest BCUT2D eigenvalue weighted by atomic mass is 9.92. The number of aryl methyl sites for hydroxylation is 1. The van der Waals surface area contributed by atoms with Gasteiger partial charge < -0.3 is 20.3 Å². The highest BCUT2D eigenvalue weighted by atomic mass is 19.1. The molecule has 3 aromatic carbocycles. The van der Waals surface area contributed by atoms with Crippen molar-refractivity contribution in [2.75, 3.05) is 36.5 Å². The lowest BCUT2D eigenvalue weighted by Gasteiger charge is -2.29. The van der Waals surface area contributed by atoms with Crippen LogP contribution in [0.5, 0.6) is 0 Å². The molecule has 198 valence electrons.